The van der Waals surface area contributed by atoms with Gasteiger partial charge in [-0.2, -0.15) is 0 Å². The maximum absolute atomic E-state index is 10.3. The van der Waals surface area contributed by atoms with E-state index < -0.39 is 5.79 Å². The van der Waals surface area contributed by atoms with Gasteiger partial charge in [-0.15, -0.1) is 0 Å². The van der Waals surface area contributed by atoms with E-state index in [0.717, 1.165) is 5.56 Å². The van der Waals surface area contributed by atoms with Gasteiger partial charge in [0.05, 0.1) is 40.6 Å². The smallest absolute Gasteiger partial charge is 0.200 e. The van der Waals surface area contributed by atoms with Crippen molar-refractivity contribution in [2.24, 2.45) is 11.8 Å². The molecule has 0 aromatic heterocycles. The minimum Gasteiger partial charge on any atom is -0.504 e. The van der Waals surface area contributed by atoms with Crippen molar-refractivity contribution in [1.29, 1.82) is 0 Å². The molecule has 4 rings (SSSR count). The van der Waals surface area contributed by atoms with Gasteiger partial charge in [-0.05, 0) is 29.8 Å². The fraction of sp³-hybridized carbons (Fsp3) is 0.455. The fourth-order valence-electron chi connectivity index (χ4n) is 4.52. The highest BCUT2D eigenvalue weighted by molar-refractivity contribution is 5.54. The maximum atomic E-state index is 10.3. The Labute approximate surface area is 174 Å². The molecule has 0 amide bonds. The first-order valence-electron chi connectivity index (χ1n) is 9.62. The molecule has 2 aliphatic heterocycles. The van der Waals surface area contributed by atoms with Crippen LogP contribution in [0, 0.1) is 11.8 Å². The average molecular weight is 418 g/mol. The van der Waals surface area contributed by atoms with Crippen molar-refractivity contribution in [3.8, 4) is 28.7 Å². The molecule has 2 aromatic rings. The highest BCUT2D eigenvalue weighted by Gasteiger charge is 2.58. The van der Waals surface area contributed by atoms with Gasteiger partial charge < -0.3 is 38.6 Å². The number of aromatic hydroxyl groups is 2. The molecule has 0 bridgehead atoms. The van der Waals surface area contributed by atoms with E-state index in [-0.39, 0.29) is 40.9 Å². The number of hydrogen-bond acceptors (Lipinski definition) is 8. The van der Waals surface area contributed by atoms with Gasteiger partial charge in [-0.25, -0.2) is 0 Å². The maximum Gasteiger partial charge on any atom is 0.200 e. The topological polar surface area (TPSA) is 95.8 Å². The number of benzene rings is 2. The molecule has 2 aromatic carbocycles. The first-order chi connectivity index (χ1) is 14.5. The molecule has 2 aliphatic rings. The molecule has 2 fully saturated rings. The second kappa shape index (κ2) is 7.86. The third kappa shape index (κ3) is 3.03. The third-order valence-corrected chi connectivity index (χ3v) is 6.06. The Morgan fingerprint density at radius 1 is 0.900 bits per heavy atom. The van der Waals surface area contributed by atoms with Crippen LogP contribution in [0.3, 0.4) is 0 Å². The molecule has 162 valence electrons. The quantitative estimate of drug-likeness (QED) is 0.739. The van der Waals surface area contributed by atoms with Crippen LogP contribution < -0.4 is 14.2 Å². The summed E-state index contributed by atoms with van der Waals surface area (Å²) in [6.45, 7) is 0.829. The van der Waals surface area contributed by atoms with Gasteiger partial charge in [0.2, 0.25) is 5.75 Å². The van der Waals surface area contributed by atoms with Gasteiger partial charge in [-0.3, -0.25) is 0 Å². The second-order valence-electron chi connectivity index (χ2n) is 7.37. The Bertz CT molecular complexity index is 904. The number of hydrogen-bond donors (Lipinski definition) is 2. The van der Waals surface area contributed by atoms with Gasteiger partial charge in [0.1, 0.15) is 0 Å². The number of phenols is 2. The summed E-state index contributed by atoms with van der Waals surface area (Å²) in [5.41, 5.74) is 1.57. The number of fused-ring (bicyclic) bond motifs is 1. The summed E-state index contributed by atoms with van der Waals surface area (Å²) in [5, 5.41) is 20.2. The molecule has 0 aliphatic carbocycles. The Morgan fingerprint density at radius 3 is 2.17 bits per heavy atom. The zero-order valence-electron chi connectivity index (χ0n) is 17.4. The summed E-state index contributed by atoms with van der Waals surface area (Å²) in [7, 11) is 6.05. The van der Waals surface area contributed by atoms with Crippen LogP contribution in [0.15, 0.2) is 30.3 Å². The predicted octanol–water partition coefficient (Wildman–Crippen LogP) is 2.96. The molecular formula is C22H26O8. The van der Waals surface area contributed by atoms with E-state index in [1.165, 1.54) is 21.3 Å². The van der Waals surface area contributed by atoms with E-state index in [1.54, 1.807) is 31.4 Å². The first kappa shape index (κ1) is 20.6. The van der Waals surface area contributed by atoms with Gasteiger partial charge in [0.25, 0.3) is 0 Å². The lowest BCUT2D eigenvalue weighted by Crippen LogP contribution is -2.36. The minimum absolute atomic E-state index is 0.0185. The molecule has 2 saturated heterocycles. The van der Waals surface area contributed by atoms with Crippen molar-refractivity contribution in [3.63, 3.8) is 0 Å². The zero-order valence-corrected chi connectivity index (χ0v) is 17.4. The van der Waals surface area contributed by atoms with Crippen LogP contribution in [-0.2, 0) is 20.0 Å². The van der Waals surface area contributed by atoms with Gasteiger partial charge >= 0.3 is 0 Å². The summed E-state index contributed by atoms with van der Waals surface area (Å²) in [5.74, 6) is -0.234. The van der Waals surface area contributed by atoms with Crippen molar-refractivity contribution in [1.82, 2.24) is 0 Å². The van der Waals surface area contributed by atoms with E-state index in [0.29, 0.717) is 24.5 Å². The van der Waals surface area contributed by atoms with E-state index in [1.807, 2.05) is 6.07 Å². The van der Waals surface area contributed by atoms with E-state index in [2.05, 4.69) is 0 Å². The van der Waals surface area contributed by atoms with Gasteiger partial charge in [0, 0.05) is 24.5 Å². The van der Waals surface area contributed by atoms with Crippen LogP contribution in [0.5, 0.6) is 28.7 Å². The molecule has 2 heterocycles. The normalized spacial score (nSPS) is 27.7. The zero-order chi connectivity index (χ0) is 21.5. The SMILES string of the molecule is COc1cc([C@@H]2OC[C@@H]3[C@H]2CO[C@]3(OC)c2cc(OC)c(O)c(OC)c2)ccc1O. The lowest BCUT2D eigenvalue weighted by molar-refractivity contribution is -0.230. The number of phenolic OH excluding ortho intramolecular Hbond substituents is 2. The van der Waals surface area contributed by atoms with Crippen LogP contribution >= 0.6 is 0 Å². The van der Waals surface area contributed by atoms with Crippen molar-refractivity contribution in [2.45, 2.75) is 11.9 Å². The van der Waals surface area contributed by atoms with E-state index in [4.69, 9.17) is 28.4 Å². The second-order valence-corrected chi connectivity index (χ2v) is 7.37. The molecule has 0 saturated carbocycles. The van der Waals surface area contributed by atoms with Gasteiger partial charge in [-0.1, -0.05) is 6.07 Å². The molecule has 0 radical (unpaired) electrons. The molecule has 2 N–H and O–H groups in total. The third-order valence-electron chi connectivity index (χ3n) is 6.06. The monoisotopic (exact) mass is 418 g/mol. The highest BCUT2D eigenvalue weighted by atomic mass is 16.7. The molecular weight excluding hydrogens is 392 g/mol. The summed E-state index contributed by atoms with van der Waals surface area (Å²) in [6.07, 6.45) is -0.234. The van der Waals surface area contributed by atoms with Crippen LogP contribution in [-0.4, -0.2) is 51.9 Å². The Kier molecular flexibility index (Phi) is 5.40. The van der Waals surface area contributed by atoms with Crippen molar-refractivity contribution in [2.75, 3.05) is 41.7 Å². The highest BCUT2D eigenvalue weighted by Crippen LogP contribution is 2.55. The van der Waals surface area contributed by atoms with Gasteiger partial charge in [0.15, 0.2) is 28.8 Å². The van der Waals surface area contributed by atoms with E-state index in [9.17, 15) is 10.2 Å². The summed E-state index contributed by atoms with van der Waals surface area (Å²) < 4.78 is 34.2. The molecule has 0 unspecified atom stereocenters. The summed E-state index contributed by atoms with van der Waals surface area (Å²) >= 11 is 0. The predicted molar refractivity (Wildman–Crippen MR) is 106 cm³/mol. The first-order valence-corrected chi connectivity index (χ1v) is 9.62. The number of ether oxygens (including phenoxy) is 6. The minimum atomic E-state index is -1.07. The molecule has 0 spiro atoms. The van der Waals surface area contributed by atoms with E-state index >= 15 is 0 Å². The summed E-state index contributed by atoms with van der Waals surface area (Å²) in [6, 6.07) is 8.59. The number of rotatable bonds is 6. The average Bonchev–Trinajstić information content (AvgIpc) is 3.35. The van der Waals surface area contributed by atoms with Crippen LogP contribution in [0.1, 0.15) is 17.2 Å². The lowest BCUT2D eigenvalue weighted by atomic mass is 9.82. The Morgan fingerprint density at radius 2 is 1.57 bits per heavy atom. The van der Waals surface area contributed by atoms with Crippen LogP contribution in [0.2, 0.25) is 0 Å². The van der Waals surface area contributed by atoms with Crippen molar-refractivity contribution >= 4 is 0 Å². The van der Waals surface area contributed by atoms with Crippen molar-refractivity contribution in [3.05, 3.63) is 41.5 Å². The summed E-state index contributed by atoms with van der Waals surface area (Å²) in [4.78, 5) is 0. The largest absolute Gasteiger partial charge is 0.504 e. The molecule has 8 nitrogen and oxygen atoms in total. The van der Waals surface area contributed by atoms with Crippen LogP contribution in [0.25, 0.3) is 0 Å². The molecule has 8 heteroatoms. The lowest BCUT2D eigenvalue weighted by Gasteiger charge is -2.32. The Balaban J connectivity index is 1.71. The number of methoxy groups -OCH3 is 4. The molecule has 4 atom stereocenters. The standard InChI is InChI=1S/C22H26O8/c1-25-17-7-12(5-6-16(17)23)21-14-10-30-22(28-4,15(14)11-29-21)13-8-18(26-2)20(24)19(9-13)27-3/h5-9,14-15,21,23-24H,10-11H2,1-4H3/t14-,15-,21+,22-/m1/s1. The van der Waals surface area contributed by atoms with Crippen molar-refractivity contribution < 1.29 is 38.6 Å². The molecule has 30 heavy (non-hydrogen) atoms. The van der Waals surface area contributed by atoms with Crippen LogP contribution in [0.4, 0.5) is 0 Å². The Hall–Kier alpha value is -2.68. The fourth-order valence-corrected chi connectivity index (χ4v) is 4.52.